The molecule has 0 spiro atoms. The summed E-state index contributed by atoms with van der Waals surface area (Å²) in [4.78, 5) is 23.0. The van der Waals surface area contributed by atoms with E-state index in [-0.39, 0.29) is 19.6 Å². The van der Waals surface area contributed by atoms with Gasteiger partial charge in [0, 0.05) is 17.9 Å². The molecular weight excluding hydrogens is 280 g/mol. The van der Waals surface area contributed by atoms with Crippen molar-refractivity contribution < 1.29 is 19.8 Å². The summed E-state index contributed by atoms with van der Waals surface area (Å²) >= 11 is 7.06. The smallest absolute Gasteiger partial charge is 0.326 e. The van der Waals surface area contributed by atoms with Crippen molar-refractivity contribution in [2.75, 3.05) is 6.61 Å². The lowest BCUT2D eigenvalue weighted by atomic mass is 10.2. The van der Waals surface area contributed by atoms with Crippen LogP contribution in [-0.4, -0.2) is 34.9 Å². The van der Waals surface area contributed by atoms with E-state index in [4.69, 9.17) is 21.8 Å². The number of carboxylic acid groups (broad SMARTS) is 1. The fraction of sp³-hybridized carbons (Fsp3) is 0.400. The second kappa shape index (κ2) is 7.20. The van der Waals surface area contributed by atoms with Crippen LogP contribution in [0.2, 0.25) is 4.34 Å². The number of aliphatic hydroxyl groups is 1. The van der Waals surface area contributed by atoms with E-state index in [0.29, 0.717) is 4.34 Å². The zero-order chi connectivity index (χ0) is 13.5. The fourth-order valence-corrected chi connectivity index (χ4v) is 2.24. The number of carbonyl (C=O) groups excluding carboxylic acids is 1. The van der Waals surface area contributed by atoms with Gasteiger partial charge in [0.1, 0.15) is 6.04 Å². The number of carbonyl (C=O) groups is 2. The molecule has 0 bridgehead atoms. The number of aliphatic carboxylic acids is 1. The number of thiophene rings is 1. The molecule has 1 rings (SSSR count). The summed E-state index contributed by atoms with van der Waals surface area (Å²) in [7, 11) is 0. The number of halogens is 1. The lowest BCUT2D eigenvalue weighted by molar-refractivity contribution is -0.139. The van der Waals surface area contributed by atoms with Crippen LogP contribution in [0.4, 0.5) is 4.79 Å². The standard InChI is InChI=1S/C10H13ClN2O4S/c11-8-2-1-6(18-8)5-12-10(17)13-7(3-4-14)9(15)16/h1-2,7,14H,3-5H2,(H,15,16)(H2,12,13,17)/t7-/m0/s1. The van der Waals surface area contributed by atoms with Crippen molar-refractivity contribution in [2.45, 2.75) is 19.0 Å². The van der Waals surface area contributed by atoms with Crippen LogP contribution in [-0.2, 0) is 11.3 Å². The Balaban J connectivity index is 2.38. The maximum absolute atomic E-state index is 11.4. The molecule has 1 heterocycles. The van der Waals surface area contributed by atoms with Crippen molar-refractivity contribution >= 4 is 34.9 Å². The van der Waals surface area contributed by atoms with Gasteiger partial charge in [-0.05, 0) is 12.1 Å². The van der Waals surface area contributed by atoms with Gasteiger partial charge in [-0.2, -0.15) is 0 Å². The molecule has 0 aliphatic heterocycles. The number of urea groups is 1. The predicted octanol–water partition coefficient (Wildman–Crippen LogP) is 1.04. The van der Waals surface area contributed by atoms with Gasteiger partial charge in [-0.1, -0.05) is 11.6 Å². The molecule has 100 valence electrons. The first kappa shape index (κ1) is 14.7. The van der Waals surface area contributed by atoms with Gasteiger partial charge in [0.2, 0.25) is 0 Å². The van der Waals surface area contributed by atoms with E-state index < -0.39 is 18.0 Å². The van der Waals surface area contributed by atoms with Crippen molar-refractivity contribution in [3.05, 3.63) is 21.3 Å². The molecule has 0 aliphatic rings. The van der Waals surface area contributed by atoms with Crippen LogP contribution in [0.5, 0.6) is 0 Å². The Morgan fingerprint density at radius 3 is 2.67 bits per heavy atom. The minimum Gasteiger partial charge on any atom is -0.480 e. The van der Waals surface area contributed by atoms with E-state index in [0.717, 1.165) is 4.88 Å². The topological polar surface area (TPSA) is 98.7 Å². The summed E-state index contributed by atoms with van der Waals surface area (Å²) in [6.45, 7) is -0.0353. The SMILES string of the molecule is O=C(NCc1ccc(Cl)s1)N[C@@H](CCO)C(=O)O. The molecule has 0 aliphatic carbocycles. The fourth-order valence-electron chi connectivity index (χ4n) is 1.21. The Morgan fingerprint density at radius 2 is 2.17 bits per heavy atom. The van der Waals surface area contributed by atoms with Crippen LogP contribution in [0.1, 0.15) is 11.3 Å². The van der Waals surface area contributed by atoms with Gasteiger partial charge < -0.3 is 20.8 Å². The maximum Gasteiger partial charge on any atom is 0.326 e. The highest BCUT2D eigenvalue weighted by Crippen LogP contribution is 2.20. The van der Waals surface area contributed by atoms with Gasteiger partial charge in [-0.3, -0.25) is 0 Å². The van der Waals surface area contributed by atoms with E-state index >= 15 is 0 Å². The van der Waals surface area contributed by atoms with Gasteiger partial charge in [-0.25, -0.2) is 9.59 Å². The Labute approximate surface area is 113 Å². The quantitative estimate of drug-likeness (QED) is 0.629. The Hall–Kier alpha value is -1.31. The number of nitrogens with one attached hydrogen (secondary N) is 2. The van der Waals surface area contributed by atoms with Crippen LogP contribution < -0.4 is 10.6 Å². The van der Waals surface area contributed by atoms with Crippen molar-refractivity contribution in [3.8, 4) is 0 Å². The molecule has 0 unspecified atom stereocenters. The normalized spacial score (nSPS) is 11.9. The monoisotopic (exact) mass is 292 g/mol. The maximum atomic E-state index is 11.4. The number of hydrogen-bond acceptors (Lipinski definition) is 4. The van der Waals surface area contributed by atoms with Crippen LogP contribution in [0.15, 0.2) is 12.1 Å². The molecule has 0 radical (unpaired) electrons. The van der Waals surface area contributed by atoms with Crippen LogP contribution in [0.25, 0.3) is 0 Å². The van der Waals surface area contributed by atoms with Gasteiger partial charge >= 0.3 is 12.0 Å². The third kappa shape index (κ3) is 4.91. The molecule has 0 saturated heterocycles. The number of rotatable bonds is 6. The average Bonchev–Trinajstić information content (AvgIpc) is 2.72. The molecule has 0 saturated carbocycles. The molecule has 0 fully saturated rings. The molecular formula is C10H13ClN2O4S. The van der Waals surface area contributed by atoms with E-state index in [2.05, 4.69) is 10.6 Å². The zero-order valence-corrected chi connectivity index (χ0v) is 10.9. The van der Waals surface area contributed by atoms with Gasteiger partial charge in [0.15, 0.2) is 0 Å². The second-order valence-electron chi connectivity index (χ2n) is 3.44. The Morgan fingerprint density at radius 1 is 1.44 bits per heavy atom. The highest BCUT2D eigenvalue weighted by atomic mass is 35.5. The third-order valence-corrected chi connectivity index (χ3v) is 3.30. The summed E-state index contributed by atoms with van der Waals surface area (Å²) in [5, 5.41) is 22.2. The molecule has 4 N–H and O–H groups in total. The van der Waals surface area contributed by atoms with E-state index in [9.17, 15) is 9.59 Å². The first-order valence-corrected chi connectivity index (χ1v) is 6.34. The molecule has 6 nitrogen and oxygen atoms in total. The predicted molar refractivity (Wildman–Crippen MR) is 67.8 cm³/mol. The Kier molecular flexibility index (Phi) is 5.90. The molecule has 18 heavy (non-hydrogen) atoms. The molecule has 2 amide bonds. The second-order valence-corrected chi connectivity index (χ2v) is 5.24. The summed E-state index contributed by atoms with van der Waals surface area (Å²) in [5.41, 5.74) is 0. The largest absolute Gasteiger partial charge is 0.480 e. The van der Waals surface area contributed by atoms with Gasteiger partial charge in [-0.15, -0.1) is 11.3 Å². The molecule has 1 atom stereocenters. The van der Waals surface area contributed by atoms with E-state index in [1.807, 2.05) is 0 Å². The van der Waals surface area contributed by atoms with Crippen LogP contribution >= 0.6 is 22.9 Å². The summed E-state index contributed by atoms with van der Waals surface area (Å²) in [5.74, 6) is -1.18. The van der Waals surface area contributed by atoms with Crippen molar-refractivity contribution in [1.82, 2.24) is 10.6 Å². The minimum absolute atomic E-state index is 0.0341. The van der Waals surface area contributed by atoms with E-state index in [1.54, 1.807) is 12.1 Å². The van der Waals surface area contributed by atoms with Crippen LogP contribution in [0.3, 0.4) is 0 Å². The molecule has 0 aromatic carbocycles. The lowest BCUT2D eigenvalue weighted by Gasteiger charge is -2.13. The summed E-state index contributed by atoms with van der Waals surface area (Å²) in [6.07, 6.45) is -0.0341. The summed E-state index contributed by atoms with van der Waals surface area (Å²) in [6, 6.07) is 1.80. The number of aliphatic hydroxyl groups excluding tert-OH is 1. The first-order chi connectivity index (χ1) is 8.52. The minimum atomic E-state index is -1.18. The zero-order valence-electron chi connectivity index (χ0n) is 9.35. The van der Waals surface area contributed by atoms with Gasteiger partial charge in [0.05, 0.1) is 10.9 Å². The molecule has 1 aromatic rings. The lowest BCUT2D eigenvalue weighted by Crippen LogP contribution is -2.46. The number of carboxylic acids is 1. The van der Waals surface area contributed by atoms with Gasteiger partial charge in [0.25, 0.3) is 0 Å². The van der Waals surface area contributed by atoms with Crippen molar-refractivity contribution in [3.63, 3.8) is 0 Å². The summed E-state index contributed by atoms with van der Waals surface area (Å²) < 4.78 is 0.621. The van der Waals surface area contributed by atoms with Crippen LogP contribution in [0, 0.1) is 0 Å². The number of hydrogen-bond donors (Lipinski definition) is 4. The Bertz CT molecular complexity index is 424. The highest BCUT2D eigenvalue weighted by Gasteiger charge is 2.18. The molecule has 1 aromatic heterocycles. The highest BCUT2D eigenvalue weighted by molar-refractivity contribution is 7.16. The van der Waals surface area contributed by atoms with Crippen molar-refractivity contribution in [1.29, 1.82) is 0 Å². The number of amides is 2. The average molecular weight is 293 g/mol. The van der Waals surface area contributed by atoms with E-state index in [1.165, 1.54) is 11.3 Å². The molecule has 8 heteroatoms. The first-order valence-electron chi connectivity index (χ1n) is 5.15. The van der Waals surface area contributed by atoms with Crippen molar-refractivity contribution in [2.24, 2.45) is 0 Å². The third-order valence-electron chi connectivity index (χ3n) is 2.07.